The van der Waals surface area contributed by atoms with Gasteiger partial charge in [-0.3, -0.25) is 0 Å². The molecule has 0 unspecified atom stereocenters. The summed E-state index contributed by atoms with van der Waals surface area (Å²) in [6.45, 7) is 4.08. The first-order valence-electron chi connectivity index (χ1n) is 5.94. The Morgan fingerprint density at radius 2 is 2.17 bits per heavy atom. The number of rotatable bonds is 4. The number of aryl methyl sites for hydroxylation is 2. The van der Waals surface area contributed by atoms with Gasteiger partial charge in [-0.15, -0.1) is 11.3 Å². The monoisotopic (exact) mass is 263 g/mol. The molecule has 0 aliphatic rings. The number of benzene rings is 1. The van der Waals surface area contributed by atoms with E-state index < -0.39 is 0 Å². The van der Waals surface area contributed by atoms with E-state index >= 15 is 0 Å². The van der Waals surface area contributed by atoms with Gasteiger partial charge in [0.25, 0.3) is 0 Å². The van der Waals surface area contributed by atoms with Crippen LogP contribution in [0.5, 0.6) is 5.75 Å². The number of hydrogen-bond acceptors (Lipinski definition) is 4. The van der Waals surface area contributed by atoms with Crippen LogP contribution in [0.15, 0.2) is 18.2 Å². The Morgan fingerprint density at radius 3 is 2.72 bits per heavy atom. The Labute approximate surface area is 111 Å². The molecule has 2 aromatic rings. The van der Waals surface area contributed by atoms with Crippen LogP contribution >= 0.6 is 11.3 Å². The maximum Gasteiger partial charge on any atom is 0.129 e. The van der Waals surface area contributed by atoms with Gasteiger partial charge in [-0.2, -0.15) is 0 Å². The average Bonchev–Trinajstić information content (AvgIpc) is 2.79. The molecule has 0 spiro atoms. The Morgan fingerprint density at radius 1 is 1.39 bits per heavy atom. The van der Waals surface area contributed by atoms with Gasteiger partial charge in [-0.05, 0) is 31.0 Å². The summed E-state index contributed by atoms with van der Waals surface area (Å²) in [7, 11) is 1.66. The van der Waals surface area contributed by atoms with Crippen molar-refractivity contribution in [3.63, 3.8) is 0 Å². The summed E-state index contributed by atoms with van der Waals surface area (Å²) in [4.78, 5) is 5.52. The highest BCUT2D eigenvalue weighted by molar-refractivity contribution is 7.15. The van der Waals surface area contributed by atoms with E-state index in [-0.39, 0.29) is 6.61 Å². The molecule has 0 aliphatic carbocycles. The molecule has 18 heavy (non-hydrogen) atoms. The molecule has 0 radical (unpaired) electrons. The van der Waals surface area contributed by atoms with Gasteiger partial charge in [-0.1, -0.05) is 13.0 Å². The first-order valence-corrected chi connectivity index (χ1v) is 6.75. The lowest BCUT2D eigenvalue weighted by molar-refractivity contribution is 0.277. The van der Waals surface area contributed by atoms with Crippen LogP contribution < -0.4 is 4.74 Å². The highest BCUT2D eigenvalue weighted by Gasteiger charge is 2.13. The second kappa shape index (κ2) is 5.50. The fourth-order valence-electron chi connectivity index (χ4n) is 1.83. The summed E-state index contributed by atoms with van der Waals surface area (Å²) in [5.41, 5.74) is 3.01. The topological polar surface area (TPSA) is 42.4 Å². The van der Waals surface area contributed by atoms with Crippen LogP contribution in [0.4, 0.5) is 0 Å². The average molecular weight is 263 g/mol. The molecule has 1 aromatic heterocycles. The molecule has 3 nitrogen and oxygen atoms in total. The van der Waals surface area contributed by atoms with Gasteiger partial charge in [0.1, 0.15) is 10.8 Å². The molecule has 0 saturated heterocycles. The van der Waals surface area contributed by atoms with Crippen molar-refractivity contribution in [2.75, 3.05) is 7.11 Å². The van der Waals surface area contributed by atoms with E-state index in [2.05, 4.69) is 24.0 Å². The number of thiazole rings is 1. The van der Waals surface area contributed by atoms with Gasteiger partial charge >= 0.3 is 0 Å². The van der Waals surface area contributed by atoms with Gasteiger partial charge in [0.15, 0.2) is 0 Å². The summed E-state index contributed by atoms with van der Waals surface area (Å²) in [5.74, 6) is 0.824. The number of ether oxygens (including phenoxy) is 1. The van der Waals surface area contributed by atoms with Crippen LogP contribution in [0.2, 0.25) is 0 Å². The van der Waals surface area contributed by atoms with Crippen LogP contribution in [0.25, 0.3) is 10.6 Å². The number of nitrogens with zero attached hydrogens (tertiary/aromatic N) is 1. The van der Waals surface area contributed by atoms with Crippen molar-refractivity contribution < 1.29 is 9.84 Å². The minimum Gasteiger partial charge on any atom is -0.496 e. The van der Waals surface area contributed by atoms with Crippen LogP contribution in [0, 0.1) is 6.92 Å². The smallest absolute Gasteiger partial charge is 0.129 e. The predicted octanol–water partition coefficient (Wildman–Crippen LogP) is 3.18. The maximum atomic E-state index is 9.22. The third kappa shape index (κ3) is 2.40. The zero-order valence-electron chi connectivity index (χ0n) is 10.9. The van der Waals surface area contributed by atoms with Gasteiger partial charge in [0, 0.05) is 4.88 Å². The molecule has 96 valence electrons. The van der Waals surface area contributed by atoms with Crippen molar-refractivity contribution in [1.29, 1.82) is 0 Å². The van der Waals surface area contributed by atoms with Crippen LogP contribution in [-0.2, 0) is 13.0 Å². The molecular formula is C14H17NO2S. The summed E-state index contributed by atoms with van der Waals surface area (Å²) in [5, 5.41) is 10.1. The molecule has 2 rings (SSSR count). The fraction of sp³-hybridized carbons (Fsp3) is 0.357. The Bertz CT molecular complexity index is 549. The Kier molecular flexibility index (Phi) is 3.99. The summed E-state index contributed by atoms with van der Waals surface area (Å²) < 4.78 is 5.39. The van der Waals surface area contributed by atoms with Crippen LogP contribution in [0.1, 0.15) is 23.1 Å². The van der Waals surface area contributed by atoms with Crippen molar-refractivity contribution in [3.8, 4) is 16.3 Å². The van der Waals surface area contributed by atoms with Crippen molar-refractivity contribution in [1.82, 2.24) is 4.98 Å². The van der Waals surface area contributed by atoms with Crippen LogP contribution in [0.3, 0.4) is 0 Å². The van der Waals surface area contributed by atoms with Crippen molar-refractivity contribution in [2.24, 2.45) is 0 Å². The molecular weight excluding hydrogens is 246 g/mol. The molecule has 1 heterocycles. The number of aromatic nitrogens is 1. The molecule has 0 saturated carbocycles. The lowest BCUT2D eigenvalue weighted by Crippen LogP contribution is -1.91. The highest BCUT2D eigenvalue weighted by atomic mass is 32.1. The van der Waals surface area contributed by atoms with E-state index in [0.717, 1.165) is 33.3 Å². The quantitative estimate of drug-likeness (QED) is 0.921. The number of hydrogen-bond donors (Lipinski definition) is 1. The molecule has 0 atom stereocenters. The fourth-order valence-corrected chi connectivity index (χ4v) is 2.78. The number of aliphatic hydroxyl groups excluding tert-OH is 1. The minimum absolute atomic E-state index is 0.0158. The van der Waals surface area contributed by atoms with E-state index in [1.807, 2.05) is 13.0 Å². The van der Waals surface area contributed by atoms with Crippen LogP contribution in [-0.4, -0.2) is 17.2 Å². The van der Waals surface area contributed by atoms with E-state index in [1.165, 1.54) is 5.56 Å². The van der Waals surface area contributed by atoms with E-state index in [4.69, 9.17) is 4.74 Å². The first kappa shape index (κ1) is 13.1. The second-order valence-electron chi connectivity index (χ2n) is 4.07. The Hall–Kier alpha value is -1.39. The number of methoxy groups -OCH3 is 1. The largest absolute Gasteiger partial charge is 0.496 e. The molecule has 0 aliphatic heterocycles. The maximum absolute atomic E-state index is 9.22. The summed E-state index contributed by atoms with van der Waals surface area (Å²) in [6.07, 6.45) is 0.980. The lowest BCUT2D eigenvalue weighted by Gasteiger charge is -2.07. The normalized spacial score (nSPS) is 10.7. The van der Waals surface area contributed by atoms with Crippen molar-refractivity contribution >= 4 is 11.3 Å². The van der Waals surface area contributed by atoms with Gasteiger partial charge in [-0.25, -0.2) is 4.98 Å². The zero-order valence-corrected chi connectivity index (χ0v) is 11.7. The Balaban J connectivity index is 2.53. The standard InChI is InChI=1S/C14H17NO2S/c1-4-10-5-6-13(17-3)11(7-10)14-15-12(8-16)9(2)18-14/h5-7,16H,4,8H2,1-3H3. The molecule has 1 aromatic carbocycles. The van der Waals surface area contributed by atoms with E-state index in [1.54, 1.807) is 18.4 Å². The molecule has 4 heteroatoms. The third-order valence-electron chi connectivity index (χ3n) is 2.94. The molecule has 0 fully saturated rings. The third-order valence-corrected chi connectivity index (χ3v) is 3.99. The highest BCUT2D eigenvalue weighted by Crippen LogP contribution is 2.35. The molecule has 0 bridgehead atoms. The molecule has 1 N–H and O–H groups in total. The van der Waals surface area contributed by atoms with Gasteiger partial charge in [0.2, 0.25) is 0 Å². The minimum atomic E-state index is -0.0158. The number of aliphatic hydroxyl groups is 1. The first-order chi connectivity index (χ1) is 8.69. The molecule has 0 amide bonds. The van der Waals surface area contributed by atoms with Crippen molar-refractivity contribution in [3.05, 3.63) is 34.3 Å². The van der Waals surface area contributed by atoms with Crippen molar-refractivity contribution in [2.45, 2.75) is 26.9 Å². The van der Waals surface area contributed by atoms with E-state index in [0.29, 0.717) is 0 Å². The zero-order chi connectivity index (χ0) is 13.1. The summed E-state index contributed by atoms with van der Waals surface area (Å²) in [6, 6.07) is 6.15. The van der Waals surface area contributed by atoms with E-state index in [9.17, 15) is 5.11 Å². The van der Waals surface area contributed by atoms with Gasteiger partial charge in [0.05, 0.1) is 25.0 Å². The lowest BCUT2D eigenvalue weighted by atomic mass is 10.1. The SMILES string of the molecule is CCc1ccc(OC)c(-c2nc(CO)c(C)s2)c1. The second-order valence-corrected chi connectivity index (χ2v) is 5.27. The predicted molar refractivity (Wildman–Crippen MR) is 74.1 cm³/mol. The summed E-state index contributed by atoms with van der Waals surface area (Å²) >= 11 is 1.59. The van der Waals surface area contributed by atoms with Gasteiger partial charge < -0.3 is 9.84 Å².